The van der Waals surface area contributed by atoms with Crippen LogP contribution in [0, 0.1) is 5.92 Å². The van der Waals surface area contributed by atoms with Gasteiger partial charge in [-0.15, -0.1) is 0 Å². The fourth-order valence-electron chi connectivity index (χ4n) is 3.75. The van der Waals surface area contributed by atoms with E-state index in [1.54, 1.807) is 25.6 Å². The molecule has 1 saturated heterocycles. The summed E-state index contributed by atoms with van der Waals surface area (Å²) in [5.74, 6) is 0.900. The lowest BCUT2D eigenvalue weighted by Crippen LogP contribution is -2.50. The summed E-state index contributed by atoms with van der Waals surface area (Å²) in [6.07, 6.45) is 9.63. The van der Waals surface area contributed by atoms with Crippen LogP contribution in [0.15, 0.2) is 41.7 Å². The van der Waals surface area contributed by atoms with Crippen molar-refractivity contribution in [3.8, 4) is 0 Å². The molecule has 0 aromatic carbocycles. The molecule has 1 aliphatic carbocycles. The first-order valence-corrected chi connectivity index (χ1v) is 9.10. The van der Waals surface area contributed by atoms with Crippen molar-refractivity contribution in [3.63, 3.8) is 0 Å². The second-order valence-corrected chi connectivity index (χ2v) is 7.20. The van der Waals surface area contributed by atoms with E-state index in [9.17, 15) is 9.59 Å². The van der Waals surface area contributed by atoms with Gasteiger partial charge >= 0.3 is 0 Å². The molecule has 7 nitrogen and oxygen atoms in total. The second-order valence-electron chi connectivity index (χ2n) is 7.20. The lowest BCUT2D eigenvalue weighted by atomic mass is 10.0. The summed E-state index contributed by atoms with van der Waals surface area (Å²) >= 11 is 0. The number of nitrogens with zero attached hydrogens (tertiary/aromatic N) is 4. The van der Waals surface area contributed by atoms with Gasteiger partial charge in [-0.3, -0.25) is 14.6 Å². The quantitative estimate of drug-likeness (QED) is 0.889. The van der Waals surface area contributed by atoms with Gasteiger partial charge in [0.05, 0.1) is 0 Å². The van der Waals surface area contributed by atoms with E-state index in [-0.39, 0.29) is 29.3 Å². The number of rotatable bonds is 4. The number of amides is 1. The largest absolute Gasteiger partial charge is 0.351 e. The molecule has 2 aromatic heterocycles. The van der Waals surface area contributed by atoms with Gasteiger partial charge in [0.2, 0.25) is 5.91 Å². The third-order valence-electron chi connectivity index (χ3n) is 5.31. The number of aromatic nitrogens is 3. The van der Waals surface area contributed by atoms with E-state index in [0.29, 0.717) is 12.4 Å². The molecular weight excluding hydrogens is 330 g/mol. The van der Waals surface area contributed by atoms with Crippen LogP contribution in [0.1, 0.15) is 30.7 Å². The van der Waals surface area contributed by atoms with Gasteiger partial charge in [0, 0.05) is 56.9 Å². The number of piperidine rings is 1. The van der Waals surface area contributed by atoms with Gasteiger partial charge < -0.3 is 14.8 Å². The maximum Gasteiger partial charge on any atom is 0.293 e. The highest BCUT2D eigenvalue weighted by Gasteiger charge is 2.44. The van der Waals surface area contributed by atoms with Gasteiger partial charge in [-0.25, -0.2) is 4.98 Å². The minimum atomic E-state index is -0.0988. The van der Waals surface area contributed by atoms with Crippen LogP contribution < -0.4 is 15.8 Å². The number of hydrogen-bond donors (Lipinski definition) is 1. The summed E-state index contributed by atoms with van der Waals surface area (Å²) in [5, 5.41) is 3.18. The minimum Gasteiger partial charge on any atom is -0.351 e. The molecule has 1 N–H and O–H groups in total. The highest BCUT2D eigenvalue weighted by molar-refractivity contribution is 5.83. The number of anilines is 1. The second kappa shape index (κ2) is 6.90. The molecule has 3 heterocycles. The molecule has 2 aliphatic rings. The first kappa shape index (κ1) is 16.8. The van der Waals surface area contributed by atoms with Crippen LogP contribution in [0.2, 0.25) is 0 Å². The van der Waals surface area contributed by atoms with Crippen LogP contribution in [0.5, 0.6) is 0 Å². The van der Waals surface area contributed by atoms with Gasteiger partial charge in [0.15, 0.2) is 5.82 Å². The molecule has 2 fully saturated rings. The van der Waals surface area contributed by atoms with Gasteiger partial charge in [0.25, 0.3) is 5.56 Å². The van der Waals surface area contributed by atoms with E-state index in [0.717, 1.165) is 31.4 Å². The highest BCUT2D eigenvalue weighted by Crippen LogP contribution is 2.47. The van der Waals surface area contributed by atoms with Crippen LogP contribution in [0.25, 0.3) is 0 Å². The van der Waals surface area contributed by atoms with Crippen LogP contribution in [-0.4, -0.2) is 39.6 Å². The first-order valence-electron chi connectivity index (χ1n) is 9.10. The van der Waals surface area contributed by atoms with Gasteiger partial charge in [-0.05, 0) is 36.8 Å². The fourth-order valence-corrected chi connectivity index (χ4v) is 3.75. The minimum absolute atomic E-state index is 0.0392. The van der Waals surface area contributed by atoms with E-state index in [2.05, 4.69) is 15.3 Å². The van der Waals surface area contributed by atoms with E-state index in [1.807, 2.05) is 23.2 Å². The smallest absolute Gasteiger partial charge is 0.293 e. The monoisotopic (exact) mass is 353 g/mol. The average molecular weight is 353 g/mol. The number of aryl methyl sites for hydroxylation is 1. The van der Waals surface area contributed by atoms with Crippen molar-refractivity contribution in [3.05, 3.63) is 52.8 Å². The van der Waals surface area contributed by atoms with E-state index in [4.69, 9.17) is 0 Å². The Morgan fingerprint density at radius 1 is 1.35 bits per heavy atom. The van der Waals surface area contributed by atoms with Crippen molar-refractivity contribution in [1.29, 1.82) is 0 Å². The third kappa shape index (κ3) is 3.34. The molecule has 1 amide bonds. The zero-order valence-corrected chi connectivity index (χ0v) is 14.8. The number of carbonyl (C=O) groups excluding carboxylic acids is 1. The topological polar surface area (TPSA) is 80.1 Å². The molecule has 0 bridgehead atoms. The molecule has 3 atom stereocenters. The molecule has 2 aromatic rings. The van der Waals surface area contributed by atoms with E-state index in [1.165, 1.54) is 4.57 Å². The summed E-state index contributed by atoms with van der Waals surface area (Å²) < 4.78 is 1.53. The predicted octanol–water partition coefficient (Wildman–Crippen LogP) is 1.06. The van der Waals surface area contributed by atoms with Gasteiger partial charge in [0.1, 0.15) is 0 Å². The van der Waals surface area contributed by atoms with Crippen molar-refractivity contribution in [2.45, 2.75) is 31.2 Å². The summed E-state index contributed by atoms with van der Waals surface area (Å²) in [6, 6.07) is 4.00. The average Bonchev–Trinajstić information content (AvgIpc) is 3.46. The Balaban J connectivity index is 1.38. The highest BCUT2D eigenvalue weighted by atomic mass is 16.2. The summed E-state index contributed by atoms with van der Waals surface area (Å²) in [7, 11) is 1.72. The zero-order valence-electron chi connectivity index (χ0n) is 14.8. The molecule has 1 saturated carbocycles. The molecule has 0 radical (unpaired) electrons. The molecular formula is C19H23N5O2. The number of carbonyl (C=O) groups is 1. The Kier molecular flexibility index (Phi) is 4.44. The van der Waals surface area contributed by atoms with Gasteiger partial charge in [-0.1, -0.05) is 6.07 Å². The SMILES string of the molecule is Cn1ccnc(N2CCC[C@H](NC(=O)[C@H]3C[C@H]3c3cccnc3)C2)c1=O. The molecule has 136 valence electrons. The van der Waals surface area contributed by atoms with Crippen LogP contribution in [-0.2, 0) is 11.8 Å². The summed E-state index contributed by atoms with van der Waals surface area (Å²) in [5.41, 5.74) is 1.04. The maximum absolute atomic E-state index is 12.6. The molecule has 1 aliphatic heterocycles. The van der Waals surface area contributed by atoms with Crippen LogP contribution in [0.3, 0.4) is 0 Å². The number of pyridine rings is 1. The fraction of sp³-hybridized carbons (Fsp3) is 0.474. The zero-order chi connectivity index (χ0) is 18.1. The summed E-state index contributed by atoms with van der Waals surface area (Å²) in [6.45, 7) is 1.42. The van der Waals surface area contributed by atoms with Crippen molar-refractivity contribution in [1.82, 2.24) is 19.9 Å². The summed E-state index contributed by atoms with van der Waals surface area (Å²) in [4.78, 5) is 35.2. The Morgan fingerprint density at radius 3 is 3.04 bits per heavy atom. The predicted molar refractivity (Wildman–Crippen MR) is 97.9 cm³/mol. The Morgan fingerprint density at radius 2 is 2.23 bits per heavy atom. The lowest BCUT2D eigenvalue weighted by molar-refractivity contribution is -0.123. The molecule has 0 unspecified atom stereocenters. The van der Waals surface area contributed by atoms with E-state index < -0.39 is 0 Å². The lowest BCUT2D eigenvalue weighted by Gasteiger charge is -2.33. The normalized spacial score (nSPS) is 25.0. The molecule has 4 rings (SSSR count). The standard InChI is InChI=1S/C19H23N5O2/c1-23-9-7-21-17(19(23)26)24-8-3-5-14(12-24)22-18(25)16-10-15(16)13-4-2-6-20-11-13/h2,4,6-7,9,11,14-16H,3,5,8,10,12H2,1H3,(H,22,25)/t14-,15-,16-/m0/s1. The Hall–Kier alpha value is -2.70. The molecule has 7 heteroatoms. The molecule has 0 spiro atoms. The maximum atomic E-state index is 12.6. The molecule has 26 heavy (non-hydrogen) atoms. The Bertz CT molecular complexity index is 851. The van der Waals surface area contributed by atoms with Crippen molar-refractivity contribution in [2.24, 2.45) is 13.0 Å². The first-order chi connectivity index (χ1) is 12.6. The number of hydrogen-bond acceptors (Lipinski definition) is 5. The third-order valence-corrected chi connectivity index (χ3v) is 5.31. The van der Waals surface area contributed by atoms with Crippen molar-refractivity contribution < 1.29 is 4.79 Å². The van der Waals surface area contributed by atoms with E-state index >= 15 is 0 Å². The number of nitrogens with one attached hydrogen (secondary N) is 1. The van der Waals surface area contributed by atoms with Crippen LogP contribution in [0.4, 0.5) is 5.82 Å². The Labute approximate surface area is 152 Å². The van der Waals surface area contributed by atoms with Gasteiger partial charge in [-0.2, -0.15) is 0 Å². The van der Waals surface area contributed by atoms with Crippen LogP contribution >= 0.6 is 0 Å². The van der Waals surface area contributed by atoms with Crippen molar-refractivity contribution in [2.75, 3.05) is 18.0 Å². The van der Waals surface area contributed by atoms with Crippen molar-refractivity contribution >= 4 is 11.7 Å².